The van der Waals surface area contributed by atoms with Crippen LogP contribution >= 0.6 is 0 Å². The number of halogens is 1. The number of urea groups is 1. The van der Waals surface area contributed by atoms with Gasteiger partial charge in [0.05, 0.1) is 12.1 Å². The van der Waals surface area contributed by atoms with Crippen molar-refractivity contribution in [1.29, 1.82) is 0 Å². The first kappa shape index (κ1) is 21.9. The molecule has 2 aliphatic rings. The van der Waals surface area contributed by atoms with E-state index in [0.29, 0.717) is 11.1 Å². The summed E-state index contributed by atoms with van der Waals surface area (Å²) < 4.78 is 13.7. The predicted molar refractivity (Wildman–Crippen MR) is 131 cm³/mol. The summed E-state index contributed by atoms with van der Waals surface area (Å²) in [6.45, 7) is 2.09. The third-order valence-corrected chi connectivity index (χ3v) is 6.86. The molecule has 4 aromatic rings. The van der Waals surface area contributed by atoms with E-state index in [4.69, 9.17) is 0 Å². The van der Waals surface area contributed by atoms with E-state index in [1.54, 1.807) is 18.2 Å². The molecule has 3 aromatic carbocycles. The molecule has 0 radical (unpaired) electrons. The van der Waals surface area contributed by atoms with Gasteiger partial charge in [-0.05, 0) is 59.5 Å². The van der Waals surface area contributed by atoms with E-state index in [2.05, 4.69) is 21.7 Å². The van der Waals surface area contributed by atoms with Crippen LogP contribution in [0, 0.1) is 12.7 Å². The van der Waals surface area contributed by atoms with Crippen LogP contribution in [-0.2, 0) is 16.9 Å². The largest absolute Gasteiger partial charge is 0.331 e. The molecule has 2 N–H and O–H groups in total. The minimum Gasteiger partial charge on any atom is -0.331 e. The first-order valence-electron chi connectivity index (χ1n) is 11.5. The zero-order valence-electron chi connectivity index (χ0n) is 19.3. The van der Waals surface area contributed by atoms with E-state index < -0.39 is 23.3 Å². The van der Waals surface area contributed by atoms with Crippen molar-refractivity contribution in [1.82, 2.24) is 20.5 Å². The number of benzene rings is 3. The number of carbonyl (C=O) groups excluding carboxylic acids is 3. The molecule has 0 unspecified atom stereocenters. The van der Waals surface area contributed by atoms with Crippen LogP contribution in [0.3, 0.4) is 0 Å². The molecule has 0 aliphatic carbocycles. The molecule has 36 heavy (non-hydrogen) atoms. The molecule has 1 aromatic heterocycles. The van der Waals surface area contributed by atoms with E-state index in [1.807, 2.05) is 43.3 Å². The summed E-state index contributed by atoms with van der Waals surface area (Å²) in [5.41, 5.74) is 3.81. The maximum Gasteiger partial charge on any atom is 0.322 e. The lowest BCUT2D eigenvalue weighted by molar-refractivity contribution is -0.124. The number of fused-ring (bicyclic) bond motifs is 2. The van der Waals surface area contributed by atoms with Crippen LogP contribution in [0.5, 0.6) is 0 Å². The second kappa shape index (κ2) is 7.98. The molecule has 3 heterocycles. The molecule has 2 aliphatic heterocycles. The van der Waals surface area contributed by atoms with Gasteiger partial charge in [-0.25, -0.2) is 9.18 Å². The van der Waals surface area contributed by atoms with Crippen molar-refractivity contribution in [3.63, 3.8) is 0 Å². The zero-order valence-corrected chi connectivity index (χ0v) is 19.3. The van der Waals surface area contributed by atoms with Crippen LogP contribution in [0.2, 0.25) is 0 Å². The maximum atomic E-state index is 13.7. The van der Waals surface area contributed by atoms with Crippen molar-refractivity contribution in [2.45, 2.75) is 19.0 Å². The van der Waals surface area contributed by atoms with Crippen LogP contribution in [-0.4, -0.2) is 34.3 Å². The standard InChI is InChI=1S/C28H21FN4O3/c1-16-2-3-19-12-18(7-11-24(19)30-16)17-4-8-21(9-5-17)28(26(35)31-27(36)32-28)15-33-14-20-6-10-22(29)13-23(20)25(33)34/h2-13H,14-15H2,1H3,(H2,31,32,35,36)/t28-/m0/s1. The van der Waals surface area contributed by atoms with E-state index in [9.17, 15) is 18.8 Å². The van der Waals surface area contributed by atoms with Gasteiger partial charge < -0.3 is 10.2 Å². The number of aromatic nitrogens is 1. The highest BCUT2D eigenvalue weighted by Crippen LogP contribution is 2.33. The second-order valence-electron chi connectivity index (χ2n) is 9.21. The fraction of sp³-hybridized carbons (Fsp3) is 0.143. The Morgan fingerprint density at radius 1 is 0.944 bits per heavy atom. The highest BCUT2D eigenvalue weighted by Gasteiger charge is 2.50. The summed E-state index contributed by atoms with van der Waals surface area (Å²) >= 11 is 0. The van der Waals surface area contributed by atoms with Gasteiger partial charge in [-0.2, -0.15) is 0 Å². The number of imide groups is 1. The number of hydrogen-bond donors (Lipinski definition) is 2. The van der Waals surface area contributed by atoms with Crippen LogP contribution in [0.4, 0.5) is 9.18 Å². The molecule has 1 fully saturated rings. The van der Waals surface area contributed by atoms with Gasteiger partial charge in [-0.15, -0.1) is 0 Å². The van der Waals surface area contributed by atoms with Gasteiger partial charge in [0.2, 0.25) is 0 Å². The molecule has 0 bridgehead atoms. The third kappa shape index (κ3) is 3.50. The number of carbonyl (C=O) groups is 3. The number of nitrogens with one attached hydrogen (secondary N) is 2. The van der Waals surface area contributed by atoms with Crippen molar-refractivity contribution in [2.24, 2.45) is 0 Å². The van der Waals surface area contributed by atoms with Crippen molar-refractivity contribution >= 4 is 28.7 Å². The normalized spacial score (nSPS) is 18.9. The molecule has 0 saturated carbocycles. The first-order chi connectivity index (χ1) is 17.3. The molecule has 1 atom stereocenters. The quantitative estimate of drug-likeness (QED) is 0.432. The van der Waals surface area contributed by atoms with Gasteiger partial charge in [0.15, 0.2) is 5.54 Å². The molecule has 178 valence electrons. The maximum absolute atomic E-state index is 13.7. The fourth-order valence-electron chi connectivity index (χ4n) is 5.00. The van der Waals surface area contributed by atoms with Gasteiger partial charge in [0.25, 0.3) is 11.8 Å². The molecular formula is C28H21FN4O3. The number of nitrogens with zero attached hydrogens (tertiary/aromatic N) is 2. The van der Waals surface area contributed by atoms with Gasteiger partial charge in [-0.1, -0.05) is 42.5 Å². The smallest absolute Gasteiger partial charge is 0.322 e. The summed E-state index contributed by atoms with van der Waals surface area (Å²) in [6.07, 6.45) is 0. The van der Waals surface area contributed by atoms with Crippen LogP contribution < -0.4 is 10.6 Å². The van der Waals surface area contributed by atoms with Crippen molar-refractivity contribution in [2.75, 3.05) is 6.54 Å². The van der Waals surface area contributed by atoms with Gasteiger partial charge in [0, 0.05) is 23.2 Å². The highest BCUT2D eigenvalue weighted by atomic mass is 19.1. The predicted octanol–water partition coefficient (Wildman–Crippen LogP) is 4.04. The molecule has 7 nitrogen and oxygen atoms in total. The Morgan fingerprint density at radius 2 is 1.72 bits per heavy atom. The lowest BCUT2D eigenvalue weighted by Crippen LogP contribution is -2.52. The molecule has 6 rings (SSSR count). The van der Waals surface area contributed by atoms with Crippen molar-refractivity contribution in [3.8, 4) is 11.1 Å². The molecular weight excluding hydrogens is 459 g/mol. The van der Waals surface area contributed by atoms with Gasteiger partial charge in [-0.3, -0.25) is 19.9 Å². The van der Waals surface area contributed by atoms with E-state index in [0.717, 1.165) is 27.7 Å². The summed E-state index contributed by atoms with van der Waals surface area (Å²) in [4.78, 5) is 44.2. The number of rotatable bonds is 4. The third-order valence-electron chi connectivity index (χ3n) is 6.86. The Hall–Kier alpha value is -4.59. The average molecular weight is 480 g/mol. The summed E-state index contributed by atoms with van der Waals surface area (Å²) in [5, 5.41) is 6.05. The Morgan fingerprint density at radius 3 is 2.47 bits per heavy atom. The van der Waals surface area contributed by atoms with Gasteiger partial charge >= 0.3 is 6.03 Å². The molecule has 4 amide bonds. The Kier molecular flexibility index (Phi) is 4.86. The minimum absolute atomic E-state index is 0.0833. The Bertz CT molecular complexity index is 1580. The number of pyridine rings is 1. The Labute approximate surface area is 205 Å². The van der Waals surface area contributed by atoms with Crippen molar-refractivity contribution < 1.29 is 18.8 Å². The topological polar surface area (TPSA) is 91.4 Å². The SMILES string of the molecule is Cc1ccc2cc(-c3ccc([C@]4(CN5Cc6ccc(F)cc6C5=O)NC(=O)NC4=O)cc3)ccc2n1. The average Bonchev–Trinajstić information content (AvgIpc) is 3.33. The molecule has 0 spiro atoms. The summed E-state index contributed by atoms with van der Waals surface area (Å²) in [6, 6.07) is 20.8. The molecule has 8 heteroatoms. The van der Waals surface area contributed by atoms with Crippen LogP contribution in [0.25, 0.3) is 22.0 Å². The second-order valence-corrected chi connectivity index (χ2v) is 9.21. The number of aryl methyl sites for hydroxylation is 1. The van der Waals surface area contributed by atoms with E-state index >= 15 is 0 Å². The first-order valence-corrected chi connectivity index (χ1v) is 11.5. The van der Waals surface area contributed by atoms with E-state index in [1.165, 1.54) is 17.0 Å². The lowest BCUT2D eigenvalue weighted by Gasteiger charge is -2.31. The fourth-order valence-corrected chi connectivity index (χ4v) is 5.00. The number of hydrogen-bond acceptors (Lipinski definition) is 4. The molecule has 1 saturated heterocycles. The minimum atomic E-state index is -1.46. The Balaban J connectivity index is 1.33. The summed E-state index contributed by atoms with van der Waals surface area (Å²) in [5.74, 6) is -1.42. The zero-order chi connectivity index (χ0) is 25.0. The highest BCUT2D eigenvalue weighted by molar-refractivity contribution is 6.08. The number of amides is 4. The van der Waals surface area contributed by atoms with Gasteiger partial charge in [0.1, 0.15) is 5.82 Å². The lowest BCUT2D eigenvalue weighted by atomic mass is 9.88. The monoisotopic (exact) mass is 480 g/mol. The van der Waals surface area contributed by atoms with E-state index in [-0.39, 0.29) is 24.6 Å². The van der Waals surface area contributed by atoms with Crippen molar-refractivity contribution in [3.05, 3.63) is 101 Å². The van der Waals surface area contributed by atoms with Crippen LogP contribution in [0.1, 0.15) is 27.2 Å². The van der Waals surface area contributed by atoms with Crippen LogP contribution in [0.15, 0.2) is 72.8 Å². The summed E-state index contributed by atoms with van der Waals surface area (Å²) in [7, 11) is 0.